The van der Waals surface area contributed by atoms with Crippen LogP contribution in [0.4, 0.5) is 0 Å². The summed E-state index contributed by atoms with van der Waals surface area (Å²) >= 11 is 2.08. The summed E-state index contributed by atoms with van der Waals surface area (Å²) in [5.74, 6) is -0.459. The molecule has 0 atom stereocenters. The van der Waals surface area contributed by atoms with Gasteiger partial charge in [-0.15, -0.1) is 0 Å². The quantitative estimate of drug-likeness (QED) is 0.407. The van der Waals surface area contributed by atoms with Gasteiger partial charge in [-0.05, 0) is 41.1 Å². The van der Waals surface area contributed by atoms with Gasteiger partial charge in [0.1, 0.15) is 0 Å². The second-order valence-corrected chi connectivity index (χ2v) is 5.55. The number of benzene rings is 1. The van der Waals surface area contributed by atoms with E-state index in [4.69, 9.17) is 9.47 Å². The lowest BCUT2D eigenvalue weighted by Gasteiger charge is -2.13. The first-order chi connectivity index (χ1) is 9.66. The molecule has 0 N–H and O–H groups in total. The summed E-state index contributed by atoms with van der Waals surface area (Å²) in [5, 5.41) is 0. The molecule has 108 valence electrons. The molecule has 20 heavy (non-hydrogen) atoms. The predicted molar refractivity (Wildman–Crippen MR) is 81.8 cm³/mol. The monoisotopic (exact) mass is 389 g/mol. The minimum atomic E-state index is -0.232. The van der Waals surface area contributed by atoms with Gasteiger partial charge < -0.3 is 9.47 Å². The largest absolute Gasteiger partial charge is 0.385 e. The molecule has 5 nitrogen and oxygen atoms in total. The van der Waals surface area contributed by atoms with Crippen molar-refractivity contribution in [3.8, 4) is 0 Å². The van der Waals surface area contributed by atoms with Crippen molar-refractivity contribution < 1.29 is 19.1 Å². The van der Waals surface area contributed by atoms with Gasteiger partial charge in [0.25, 0.3) is 11.8 Å². The van der Waals surface area contributed by atoms with E-state index in [-0.39, 0.29) is 18.4 Å². The summed E-state index contributed by atoms with van der Waals surface area (Å²) < 4.78 is 11.1. The molecule has 0 saturated heterocycles. The Bertz CT molecular complexity index is 518. The van der Waals surface area contributed by atoms with E-state index in [9.17, 15) is 9.59 Å². The number of carbonyl (C=O) groups is 2. The smallest absolute Gasteiger partial charge is 0.262 e. The number of fused-ring (bicyclic) bond motifs is 1. The molecule has 1 heterocycles. The van der Waals surface area contributed by atoms with Gasteiger partial charge in [-0.3, -0.25) is 14.5 Å². The highest BCUT2D eigenvalue weighted by molar-refractivity contribution is 14.1. The first-order valence-electron chi connectivity index (χ1n) is 6.38. The standard InChI is InChI=1S/C14H16INO4/c1-19-7-3-8-20-9-6-16-13(17)10-4-2-5-11(15)12(10)14(16)18/h2,4-5H,3,6-9H2,1H3. The number of carbonyl (C=O) groups excluding carboxylic acids is 2. The average molecular weight is 389 g/mol. The fraction of sp³-hybridized carbons (Fsp3) is 0.429. The molecule has 0 aliphatic carbocycles. The zero-order valence-corrected chi connectivity index (χ0v) is 13.4. The van der Waals surface area contributed by atoms with Crippen molar-refractivity contribution in [3.63, 3.8) is 0 Å². The van der Waals surface area contributed by atoms with Crippen LogP contribution in [0.3, 0.4) is 0 Å². The van der Waals surface area contributed by atoms with E-state index in [0.717, 1.165) is 9.99 Å². The third-order valence-electron chi connectivity index (χ3n) is 3.04. The van der Waals surface area contributed by atoms with Gasteiger partial charge in [0, 0.05) is 23.9 Å². The maximum absolute atomic E-state index is 12.2. The summed E-state index contributed by atoms with van der Waals surface area (Å²) in [6.45, 7) is 1.85. The Kier molecular flexibility index (Phi) is 5.50. The molecule has 0 radical (unpaired) electrons. The highest BCUT2D eigenvalue weighted by atomic mass is 127. The maximum Gasteiger partial charge on any atom is 0.262 e. The molecular weight excluding hydrogens is 373 g/mol. The number of hydrogen-bond donors (Lipinski definition) is 0. The van der Waals surface area contributed by atoms with Crippen LogP contribution in [0.5, 0.6) is 0 Å². The highest BCUT2D eigenvalue weighted by Gasteiger charge is 2.36. The summed E-state index contributed by atoms with van der Waals surface area (Å²) in [5.41, 5.74) is 0.999. The molecule has 2 amide bonds. The van der Waals surface area contributed by atoms with Crippen LogP contribution in [0.15, 0.2) is 18.2 Å². The Morgan fingerprint density at radius 1 is 1.15 bits per heavy atom. The molecule has 6 heteroatoms. The van der Waals surface area contributed by atoms with Crippen molar-refractivity contribution >= 4 is 34.4 Å². The van der Waals surface area contributed by atoms with Crippen LogP contribution in [0, 0.1) is 3.57 Å². The summed E-state index contributed by atoms with van der Waals surface area (Å²) in [6.07, 6.45) is 0.802. The van der Waals surface area contributed by atoms with Gasteiger partial charge in [-0.1, -0.05) is 6.07 Å². The van der Waals surface area contributed by atoms with Gasteiger partial charge in [0.2, 0.25) is 0 Å². The van der Waals surface area contributed by atoms with E-state index in [1.807, 2.05) is 6.07 Å². The molecule has 1 aliphatic heterocycles. The van der Waals surface area contributed by atoms with Crippen molar-refractivity contribution in [1.29, 1.82) is 0 Å². The summed E-state index contributed by atoms with van der Waals surface area (Å²) in [7, 11) is 1.64. The molecule has 2 rings (SSSR count). The number of ether oxygens (including phenoxy) is 2. The van der Waals surface area contributed by atoms with Crippen LogP contribution in [-0.2, 0) is 9.47 Å². The second-order valence-electron chi connectivity index (χ2n) is 4.38. The third kappa shape index (κ3) is 3.18. The van der Waals surface area contributed by atoms with Crippen LogP contribution < -0.4 is 0 Å². The number of amides is 2. The Morgan fingerprint density at radius 3 is 2.65 bits per heavy atom. The lowest BCUT2D eigenvalue weighted by molar-refractivity contribution is 0.0538. The van der Waals surface area contributed by atoms with E-state index in [0.29, 0.717) is 30.9 Å². The van der Waals surface area contributed by atoms with E-state index >= 15 is 0 Å². The Balaban J connectivity index is 1.91. The number of hydrogen-bond acceptors (Lipinski definition) is 4. The molecular formula is C14H16INO4. The number of rotatable bonds is 7. The van der Waals surface area contributed by atoms with Crippen LogP contribution in [-0.4, -0.2) is 50.2 Å². The van der Waals surface area contributed by atoms with Crippen molar-refractivity contribution in [2.45, 2.75) is 6.42 Å². The Hall–Kier alpha value is -0.990. The van der Waals surface area contributed by atoms with E-state index in [1.54, 1.807) is 19.2 Å². The van der Waals surface area contributed by atoms with Gasteiger partial charge in [0.15, 0.2) is 0 Å². The van der Waals surface area contributed by atoms with Crippen LogP contribution in [0.2, 0.25) is 0 Å². The molecule has 0 unspecified atom stereocenters. The summed E-state index contributed by atoms with van der Waals surface area (Å²) in [4.78, 5) is 25.6. The second kappa shape index (κ2) is 7.14. The average Bonchev–Trinajstić information content (AvgIpc) is 2.68. The molecule has 0 spiro atoms. The van der Waals surface area contributed by atoms with E-state index in [1.165, 1.54) is 4.90 Å². The Morgan fingerprint density at radius 2 is 1.95 bits per heavy atom. The SMILES string of the molecule is COCCCOCCN1C(=O)c2cccc(I)c2C1=O. The minimum Gasteiger partial charge on any atom is -0.385 e. The lowest BCUT2D eigenvalue weighted by Crippen LogP contribution is -2.33. The Labute approximate surface area is 131 Å². The third-order valence-corrected chi connectivity index (χ3v) is 3.94. The van der Waals surface area contributed by atoms with Gasteiger partial charge in [-0.2, -0.15) is 0 Å². The topological polar surface area (TPSA) is 55.8 Å². The lowest BCUT2D eigenvalue weighted by atomic mass is 10.1. The summed E-state index contributed by atoms with van der Waals surface area (Å²) in [6, 6.07) is 5.31. The van der Waals surface area contributed by atoms with Gasteiger partial charge in [0.05, 0.1) is 24.3 Å². The van der Waals surface area contributed by atoms with Crippen molar-refractivity contribution in [2.75, 3.05) is 33.5 Å². The fourth-order valence-corrected chi connectivity index (χ4v) is 2.79. The maximum atomic E-state index is 12.2. The molecule has 1 aromatic rings. The van der Waals surface area contributed by atoms with Crippen molar-refractivity contribution in [1.82, 2.24) is 4.90 Å². The van der Waals surface area contributed by atoms with Crippen LogP contribution >= 0.6 is 22.6 Å². The van der Waals surface area contributed by atoms with Crippen LogP contribution in [0.25, 0.3) is 0 Å². The van der Waals surface area contributed by atoms with Crippen LogP contribution in [0.1, 0.15) is 27.1 Å². The molecule has 0 bridgehead atoms. The number of nitrogens with zero attached hydrogens (tertiary/aromatic N) is 1. The molecule has 0 aromatic heterocycles. The zero-order valence-electron chi connectivity index (χ0n) is 11.2. The number of methoxy groups -OCH3 is 1. The van der Waals surface area contributed by atoms with Crippen molar-refractivity contribution in [3.05, 3.63) is 32.9 Å². The first-order valence-corrected chi connectivity index (χ1v) is 7.46. The fourth-order valence-electron chi connectivity index (χ4n) is 2.06. The molecule has 0 fully saturated rings. The van der Waals surface area contributed by atoms with Gasteiger partial charge >= 0.3 is 0 Å². The normalized spacial score (nSPS) is 14.0. The zero-order chi connectivity index (χ0) is 14.5. The highest BCUT2D eigenvalue weighted by Crippen LogP contribution is 2.26. The molecule has 1 aromatic carbocycles. The molecule has 0 saturated carbocycles. The van der Waals surface area contributed by atoms with E-state index in [2.05, 4.69) is 22.6 Å². The number of imide groups is 1. The van der Waals surface area contributed by atoms with Crippen molar-refractivity contribution in [2.24, 2.45) is 0 Å². The van der Waals surface area contributed by atoms with E-state index < -0.39 is 0 Å². The number of halogens is 1. The molecule has 1 aliphatic rings. The predicted octanol–water partition coefficient (Wildman–Crippen LogP) is 1.94. The van der Waals surface area contributed by atoms with Gasteiger partial charge in [-0.25, -0.2) is 0 Å². The minimum absolute atomic E-state index is 0.226. The first kappa shape index (κ1) is 15.4.